The van der Waals surface area contributed by atoms with E-state index in [1.54, 1.807) is 25.3 Å². The summed E-state index contributed by atoms with van der Waals surface area (Å²) in [5.41, 5.74) is 2.87. The number of benzene rings is 2. The summed E-state index contributed by atoms with van der Waals surface area (Å²) in [4.78, 5) is 11.0. The molecular weight excluding hydrogens is 256 g/mol. The monoisotopic (exact) mass is 272 g/mol. The molecule has 0 fully saturated rings. The van der Waals surface area contributed by atoms with Gasteiger partial charge in [-0.3, -0.25) is 0 Å². The molecule has 0 aliphatic heterocycles. The second-order valence-corrected chi connectivity index (χ2v) is 4.39. The molecule has 104 valence electrons. The molecule has 0 unspecified atom stereocenters. The van der Waals surface area contributed by atoms with Gasteiger partial charge >= 0.3 is 5.97 Å². The lowest BCUT2D eigenvalue weighted by atomic mass is 9.99. The Morgan fingerprint density at radius 1 is 1.15 bits per heavy atom. The van der Waals surface area contributed by atoms with Crippen molar-refractivity contribution in [3.8, 4) is 16.9 Å². The van der Waals surface area contributed by atoms with E-state index in [0.717, 1.165) is 22.4 Å². The van der Waals surface area contributed by atoms with Gasteiger partial charge in [-0.05, 0) is 47.4 Å². The van der Waals surface area contributed by atoms with Crippen LogP contribution in [0.4, 0.5) is 0 Å². The van der Waals surface area contributed by atoms with Gasteiger partial charge in [0.25, 0.3) is 0 Å². The molecule has 0 saturated heterocycles. The zero-order chi connectivity index (χ0) is 14.5. The van der Waals surface area contributed by atoms with Gasteiger partial charge in [-0.2, -0.15) is 0 Å². The number of rotatable bonds is 5. The van der Waals surface area contributed by atoms with Gasteiger partial charge in [0, 0.05) is 6.61 Å². The number of carboxylic acid groups (broad SMARTS) is 1. The van der Waals surface area contributed by atoms with Gasteiger partial charge in [0.2, 0.25) is 0 Å². The predicted molar refractivity (Wildman–Crippen MR) is 76.2 cm³/mol. The SMILES string of the molecule is COc1ccc(-c2cccc(C(=O)O)c2)cc1CCO. The van der Waals surface area contributed by atoms with Crippen LogP contribution in [-0.4, -0.2) is 29.9 Å². The maximum Gasteiger partial charge on any atom is 0.335 e. The van der Waals surface area contributed by atoms with Crippen LogP contribution in [0.15, 0.2) is 42.5 Å². The quantitative estimate of drug-likeness (QED) is 0.878. The smallest absolute Gasteiger partial charge is 0.335 e. The van der Waals surface area contributed by atoms with E-state index in [9.17, 15) is 4.79 Å². The van der Waals surface area contributed by atoms with Crippen molar-refractivity contribution < 1.29 is 19.7 Å². The van der Waals surface area contributed by atoms with Crippen molar-refractivity contribution in [1.82, 2.24) is 0 Å². The fourth-order valence-corrected chi connectivity index (χ4v) is 2.11. The molecule has 0 aromatic heterocycles. The number of carbonyl (C=O) groups is 1. The molecule has 0 bridgehead atoms. The molecule has 0 amide bonds. The summed E-state index contributed by atoms with van der Waals surface area (Å²) in [5.74, 6) is -0.229. The average molecular weight is 272 g/mol. The third-order valence-electron chi connectivity index (χ3n) is 3.10. The Kier molecular flexibility index (Phi) is 4.38. The van der Waals surface area contributed by atoms with Crippen molar-refractivity contribution in [3.05, 3.63) is 53.6 Å². The first-order chi connectivity index (χ1) is 9.65. The molecule has 0 heterocycles. The molecule has 0 spiro atoms. The van der Waals surface area contributed by atoms with Crippen LogP contribution in [0.2, 0.25) is 0 Å². The molecule has 2 aromatic carbocycles. The lowest BCUT2D eigenvalue weighted by molar-refractivity contribution is 0.0697. The van der Waals surface area contributed by atoms with Gasteiger partial charge in [0.15, 0.2) is 0 Å². The van der Waals surface area contributed by atoms with Crippen LogP contribution >= 0.6 is 0 Å². The van der Waals surface area contributed by atoms with Crippen molar-refractivity contribution in [2.75, 3.05) is 13.7 Å². The summed E-state index contributed by atoms with van der Waals surface area (Å²) >= 11 is 0. The molecule has 0 atom stereocenters. The Labute approximate surface area is 117 Å². The number of methoxy groups -OCH3 is 1. The Hall–Kier alpha value is -2.33. The summed E-state index contributed by atoms with van der Waals surface area (Å²) < 4.78 is 5.25. The highest BCUT2D eigenvalue weighted by Gasteiger charge is 2.08. The zero-order valence-electron chi connectivity index (χ0n) is 11.2. The molecule has 0 saturated carbocycles. The first-order valence-corrected chi connectivity index (χ1v) is 6.27. The van der Waals surface area contributed by atoms with Crippen LogP contribution in [0, 0.1) is 0 Å². The van der Waals surface area contributed by atoms with E-state index < -0.39 is 5.97 Å². The average Bonchev–Trinajstić information content (AvgIpc) is 2.47. The van der Waals surface area contributed by atoms with Gasteiger partial charge in [-0.15, -0.1) is 0 Å². The summed E-state index contributed by atoms with van der Waals surface area (Å²) in [6.07, 6.45) is 0.496. The number of ether oxygens (including phenoxy) is 1. The standard InChI is InChI=1S/C16H16O4/c1-20-15-6-5-12(9-13(15)7-8-17)11-3-2-4-14(10-11)16(18)19/h2-6,9-10,17H,7-8H2,1H3,(H,18,19). The molecule has 0 aliphatic carbocycles. The van der Waals surface area contributed by atoms with Crippen molar-refractivity contribution >= 4 is 5.97 Å². The maximum atomic E-state index is 11.0. The van der Waals surface area contributed by atoms with Crippen molar-refractivity contribution in [3.63, 3.8) is 0 Å². The number of aliphatic hydroxyl groups is 1. The molecule has 2 N–H and O–H groups in total. The van der Waals surface area contributed by atoms with Crippen LogP contribution in [0.25, 0.3) is 11.1 Å². The highest BCUT2D eigenvalue weighted by molar-refractivity contribution is 5.89. The number of hydrogen-bond donors (Lipinski definition) is 2. The van der Waals surface area contributed by atoms with Crippen LogP contribution < -0.4 is 4.74 Å². The van der Waals surface area contributed by atoms with Gasteiger partial charge in [0.05, 0.1) is 12.7 Å². The maximum absolute atomic E-state index is 11.0. The number of hydrogen-bond acceptors (Lipinski definition) is 3. The largest absolute Gasteiger partial charge is 0.496 e. The normalized spacial score (nSPS) is 10.3. The predicted octanol–water partition coefficient (Wildman–Crippen LogP) is 2.60. The number of aliphatic hydroxyl groups excluding tert-OH is 1. The van der Waals surface area contributed by atoms with E-state index in [-0.39, 0.29) is 12.2 Å². The Balaban J connectivity index is 2.44. The van der Waals surface area contributed by atoms with Gasteiger partial charge in [0.1, 0.15) is 5.75 Å². The van der Waals surface area contributed by atoms with Crippen molar-refractivity contribution in [2.45, 2.75) is 6.42 Å². The van der Waals surface area contributed by atoms with Crippen molar-refractivity contribution in [1.29, 1.82) is 0 Å². The highest BCUT2D eigenvalue weighted by atomic mass is 16.5. The van der Waals surface area contributed by atoms with E-state index in [0.29, 0.717) is 6.42 Å². The minimum Gasteiger partial charge on any atom is -0.496 e. The number of aromatic carboxylic acids is 1. The summed E-state index contributed by atoms with van der Waals surface area (Å²) in [6, 6.07) is 12.4. The van der Waals surface area contributed by atoms with Crippen molar-refractivity contribution in [2.24, 2.45) is 0 Å². The third-order valence-corrected chi connectivity index (χ3v) is 3.10. The fraction of sp³-hybridized carbons (Fsp3) is 0.188. The van der Waals surface area contributed by atoms with Crippen LogP contribution in [0.1, 0.15) is 15.9 Å². The van der Waals surface area contributed by atoms with Gasteiger partial charge < -0.3 is 14.9 Å². The van der Waals surface area contributed by atoms with E-state index in [1.165, 1.54) is 0 Å². The molecule has 0 radical (unpaired) electrons. The third kappa shape index (κ3) is 2.97. The topological polar surface area (TPSA) is 66.8 Å². The Morgan fingerprint density at radius 2 is 1.90 bits per heavy atom. The highest BCUT2D eigenvalue weighted by Crippen LogP contribution is 2.27. The first kappa shape index (κ1) is 14.1. The lowest BCUT2D eigenvalue weighted by Gasteiger charge is -2.10. The van der Waals surface area contributed by atoms with E-state index in [2.05, 4.69) is 0 Å². The molecule has 4 heteroatoms. The summed E-state index contributed by atoms with van der Waals surface area (Å²) in [6.45, 7) is 0.0367. The van der Waals surface area contributed by atoms with E-state index in [1.807, 2.05) is 24.3 Å². The molecule has 4 nitrogen and oxygen atoms in total. The van der Waals surface area contributed by atoms with Crippen LogP contribution in [0.3, 0.4) is 0 Å². The fourth-order valence-electron chi connectivity index (χ4n) is 2.11. The molecular formula is C16H16O4. The molecule has 20 heavy (non-hydrogen) atoms. The van der Waals surface area contributed by atoms with Gasteiger partial charge in [-0.1, -0.05) is 18.2 Å². The van der Waals surface area contributed by atoms with Crippen LogP contribution in [0.5, 0.6) is 5.75 Å². The van der Waals surface area contributed by atoms with E-state index in [4.69, 9.17) is 14.9 Å². The lowest BCUT2D eigenvalue weighted by Crippen LogP contribution is -1.98. The Morgan fingerprint density at radius 3 is 2.55 bits per heavy atom. The minimum atomic E-state index is -0.948. The van der Waals surface area contributed by atoms with Crippen LogP contribution in [-0.2, 0) is 6.42 Å². The molecule has 2 aromatic rings. The van der Waals surface area contributed by atoms with Gasteiger partial charge in [-0.25, -0.2) is 4.79 Å². The minimum absolute atomic E-state index is 0.0367. The van der Waals surface area contributed by atoms with E-state index >= 15 is 0 Å². The second-order valence-electron chi connectivity index (χ2n) is 4.39. The zero-order valence-corrected chi connectivity index (χ0v) is 11.2. The summed E-state index contributed by atoms with van der Waals surface area (Å²) in [7, 11) is 1.58. The molecule has 2 rings (SSSR count). The Bertz CT molecular complexity index is 620. The second kappa shape index (κ2) is 6.21. The molecule has 0 aliphatic rings. The number of carboxylic acids is 1. The first-order valence-electron chi connectivity index (χ1n) is 6.27. The summed E-state index contributed by atoms with van der Waals surface area (Å²) in [5, 5.41) is 18.1.